The Morgan fingerprint density at radius 2 is 2.24 bits per heavy atom. The molecule has 1 aliphatic heterocycles. The molecule has 1 aromatic rings. The summed E-state index contributed by atoms with van der Waals surface area (Å²) in [5, 5.41) is 0. The second-order valence-electron chi connectivity index (χ2n) is 4.41. The van der Waals surface area contributed by atoms with E-state index in [2.05, 4.69) is 17.9 Å². The summed E-state index contributed by atoms with van der Waals surface area (Å²) in [6.07, 6.45) is 0.577. The monoisotopic (exact) mass is 249 g/mol. The van der Waals surface area contributed by atoms with E-state index in [-0.39, 0.29) is 5.78 Å². The zero-order chi connectivity index (χ0) is 12.3. The number of Topliss-reactive ketones (excluding diaryl/α,β-unsaturated/α-hetero) is 1. The summed E-state index contributed by atoms with van der Waals surface area (Å²) in [4.78, 5) is 14.3. The zero-order valence-electron chi connectivity index (χ0n) is 10.5. The minimum Gasteiger partial charge on any atom is -0.367 e. The lowest BCUT2D eigenvalue weighted by Crippen LogP contribution is -2.41. The van der Waals surface area contributed by atoms with Gasteiger partial charge in [-0.2, -0.15) is 11.8 Å². The van der Waals surface area contributed by atoms with Crippen molar-refractivity contribution in [3.05, 3.63) is 29.8 Å². The maximum atomic E-state index is 12.0. The van der Waals surface area contributed by atoms with Gasteiger partial charge in [0, 0.05) is 41.8 Å². The van der Waals surface area contributed by atoms with Crippen molar-refractivity contribution in [3.63, 3.8) is 0 Å². The first-order chi connectivity index (χ1) is 8.24. The van der Waals surface area contributed by atoms with Gasteiger partial charge < -0.3 is 4.90 Å². The standard InChI is InChI=1S/C14H19NOS/c1-3-14(16)12-6-4-5-7-13(12)15-8-9-17-10-11(15)2/h4-7,11H,3,8-10H2,1-2H3. The molecule has 0 aliphatic carbocycles. The fraction of sp³-hybridized carbons (Fsp3) is 0.500. The van der Waals surface area contributed by atoms with Crippen molar-refractivity contribution < 1.29 is 4.79 Å². The predicted octanol–water partition coefficient (Wildman–Crippen LogP) is 3.22. The number of benzene rings is 1. The average molecular weight is 249 g/mol. The van der Waals surface area contributed by atoms with E-state index in [0.29, 0.717) is 12.5 Å². The normalized spacial score (nSPS) is 20.4. The van der Waals surface area contributed by atoms with Crippen molar-refractivity contribution in [2.45, 2.75) is 26.3 Å². The number of hydrogen-bond acceptors (Lipinski definition) is 3. The van der Waals surface area contributed by atoms with Crippen LogP contribution in [0.2, 0.25) is 0 Å². The van der Waals surface area contributed by atoms with E-state index < -0.39 is 0 Å². The molecule has 0 radical (unpaired) electrons. The molecule has 2 nitrogen and oxygen atoms in total. The molecule has 0 aromatic heterocycles. The summed E-state index contributed by atoms with van der Waals surface area (Å²) in [6, 6.07) is 8.52. The molecule has 1 heterocycles. The Kier molecular flexibility index (Phi) is 4.11. The molecule has 92 valence electrons. The van der Waals surface area contributed by atoms with Crippen LogP contribution in [0.3, 0.4) is 0 Å². The Morgan fingerprint density at radius 1 is 1.47 bits per heavy atom. The van der Waals surface area contributed by atoms with Gasteiger partial charge in [0.15, 0.2) is 5.78 Å². The Hall–Kier alpha value is -0.960. The lowest BCUT2D eigenvalue weighted by molar-refractivity contribution is 0.0988. The Morgan fingerprint density at radius 3 is 2.94 bits per heavy atom. The highest BCUT2D eigenvalue weighted by atomic mass is 32.2. The van der Waals surface area contributed by atoms with Crippen molar-refractivity contribution in [1.82, 2.24) is 0 Å². The third-order valence-corrected chi connectivity index (χ3v) is 4.39. The van der Waals surface area contributed by atoms with Crippen molar-refractivity contribution >= 4 is 23.2 Å². The van der Waals surface area contributed by atoms with Gasteiger partial charge in [-0.05, 0) is 19.1 Å². The van der Waals surface area contributed by atoms with Gasteiger partial charge in [0.25, 0.3) is 0 Å². The van der Waals surface area contributed by atoms with Crippen molar-refractivity contribution in [2.24, 2.45) is 0 Å². The van der Waals surface area contributed by atoms with Gasteiger partial charge in [0.05, 0.1) is 0 Å². The zero-order valence-corrected chi connectivity index (χ0v) is 11.3. The minimum atomic E-state index is 0.242. The third kappa shape index (κ3) is 2.65. The molecule has 0 N–H and O–H groups in total. The summed E-state index contributed by atoms with van der Waals surface area (Å²) in [7, 11) is 0. The van der Waals surface area contributed by atoms with E-state index in [1.165, 1.54) is 0 Å². The smallest absolute Gasteiger partial charge is 0.164 e. The number of rotatable bonds is 3. The van der Waals surface area contributed by atoms with E-state index in [4.69, 9.17) is 0 Å². The molecule has 1 aromatic carbocycles. The van der Waals surface area contributed by atoms with Crippen LogP contribution in [0.4, 0.5) is 5.69 Å². The number of para-hydroxylation sites is 1. The summed E-state index contributed by atoms with van der Waals surface area (Å²) in [6.45, 7) is 5.20. The summed E-state index contributed by atoms with van der Waals surface area (Å²) >= 11 is 1.99. The lowest BCUT2D eigenvalue weighted by atomic mass is 10.0. The van der Waals surface area contributed by atoms with Crippen LogP contribution < -0.4 is 4.90 Å². The molecule has 1 unspecified atom stereocenters. The van der Waals surface area contributed by atoms with Crippen LogP contribution >= 0.6 is 11.8 Å². The number of carbonyl (C=O) groups excluding carboxylic acids is 1. The van der Waals surface area contributed by atoms with Crippen LogP contribution in [0.1, 0.15) is 30.6 Å². The molecule has 0 bridgehead atoms. The second-order valence-corrected chi connectivity index (χ2v) is 5.56. The average Bonchev–Trinajstić information content (AvgIpc) is 2.38. The molecule has 3 heteroatoms. The molecule has 0 amide bonds. The maximum absolute atomic E-state index is 12.0. The van der Waals surface area contributed by atoms with Crippen LogP contribution in [0, 0.1) is 0 Å². The SMILES string of the molecule is CCC(=O)c1ccccc1N1CCSCC1C. The number of thioether (sulfide) groups is 1. The van der Waals surface area contributed by atoms with Crippen LogP contribution in [0.15, 0.2) is 24.3 Å². The Bertz CT molecular complexity index is 405. The minimum absolute atomic E-state index is 0.242. The molecule has 1 saturated heterocycles. The highest BCUT2D eigenvalue weighted by Gasteiger charge is 2.22. The second kappa shape index (κ2) is 5.58. The van der Waals surface area contributed by atoms with Gasteiger partial charge in [-0.25, -0.2) is 0 Å². The summed E-state index contributed by atoms with van der Waals surface area (Å²) < 4.78 is 0. The molecular weight excluding hydrogens is 230 g/mol. The first-order valence-corrected chi connectivity index (χ1v) is 7.36. The lowest BCUT2D eigenvalue weighted by Gasteiger charge is -2.36. The van der Waals surface area contributed by atoms with Crippen molar-refractivity contribution in [2.75, 3.05) is 23.0 Å². The van der Waals surface area contributed by atoms with E-state index in [0.717, 1.165) is 29.3 Å². The van der Waals surface area contributed by atoms with E-state index in [9.17, 15) is 4.79 Å². The van der Waals surface area contributed by atoms with Crippen molar-refractivity contribution in [1.29, 1.82) is 0 Å². The van der Waals surface area contributed by atoms with E-state index in [1.807, 2.05) is 36.9 Å². The fourth-order valence-electron chi connectivity index (χ4n) is 2.24. The van der Waals surface area contributed by atoms with Crippen molar-refractivity contribution in [3.8, 4) is 0 Å². The molecule has 0 saturated carbocycles. The Balaban J connectivity index is 2.33. The van der Waals surface area contributed by atoms with Crippen LogP contribution in [0.5, 0.6) is 0 Å². The summed E-state index contributed by atoms with van der Waals surface area (Å²) in [5.74, 6) is 2.54. The van der Waals surface area contributed by atoms with Gasteiger partial charge >= 0.3 is 0 Å². The Labute approximate surface area is 107 Å². The topological polar surface area (TPSA) is 20.3 Å². The highest BCUT2D eigenvalue weighted by Crippen LogP contribution is 2.27. The van der Waals surface area contributed by atoms with E-state index >= 15 is 0 Å². The predicted molar refractivity (Wildman–Crippen MR) is 75.2 cm³/mol. The fourth-order valence-corrected chi connectivity index (χ4v) is 3.25. The first kappa shape index (κ1) is 12.5. The van der Waals surface area contributed by atoms with Gasteiger partial charge in [0.2, 0.25) is 0 Å². The largest absolute Gasteiger partial charge is 0.367 e. The molecule has 17 heavy (non-hydrogen) atoms. The van der Waals surface area contributed by atoms with Crippen LogP contribution in [-0.4, -0.2) is 29.9 Å². The summed E-state index contributed by atoms with van der Waals surface area (Å²) in [5.41, 5.74) is 2.00. The number of carbonyl (C=O) groups is 1. The van der Waals surface area contributed by atoms with Gasteiger partial charge in [-0.1, -0.05) is 19.1 Å². The number of hydrogen-bond donors (Lipinski definition) is 0. The molecule has 1 atom stereocenters. The molecule has 1 fully saturated rings. The molecule has 1 aliphatic rings. The maximum Gasteiger partial charge on any atom is 0.164 e. The molecule has 2 rings (SSSR count). The third-order valence-electron chi connectivity index (χ3n) is 3.20. The quantitative estimate of drug-likeness (QED) is 0.767. The van der Waals surface area contributed by atoms with Gasteiger partial charge in [-0.15, -0.1) is 0 Å². The molecular formula is C14H19NOS. The molecule has 0 spiro atoms. The van der Waals surface area contributed by atoms with Crippen LogP contribution in [0.25, 0.3) is 0 Å². The van der Waals surface area contributed by atoms with Gasteiger partial charge in [-0.3, -0.25) is 4.79 Å². The first-order valence-electron chi connectivity index (χ1n) is 6.20. The van der Waals surface area contributed by atoms with Gasteiger partial charge in [0.1, 0.15) is 0 Å². The van der Waals surface area contributed by atoms with E-state index in [1.54, 1.807) is 0 Å². The van der Waals surface area contributed by atoms with Crippen LogP contribution in [-0.2, 0) is 0 Å². The number of ketones is 1. The number of nitrogens with zero attached hydrogens (tertiary/aromatic N) is 1. The highest BCUT2D eigenvalue weighted by molar-refractivity contribution is 7.99. The number of anilines is 1.